The van der Waals surface area contributed by atoms with Gasteiger partial charge in [0.1, 0.15) is 22.9 Å². The van der Waals surface area contributed by atoms with Gasteiger partial charge in [-0.25, -0.2) is 9.97 Å². The second-order valence-electron chi connectivity index (χ2n) is 8.03. The van der Waals surface area contributed by atoms with Gasteiger partial charge in [-0.1, -0.05) is 37.3 Å². The number of piperazine rings is 1. The van der Waals surface area contributed by atoms with Crippen LogP contribution < -0.4 is 10.2 Å². The van der Waals surface area contributed by atoms with Crippen LogP contribution in [0.5, 0.6) is 0 Å². The third kappa shape index (κ3) is 3.65. The predicted octanol–water partition coefficient (Wildman–Crippen LogP) is 2.43. The summed E-state index contributed by atoms with van der Waals surface area (Å²) < 4.78 is 0. The highest BCUT2D eigenvalue weighted by molar-refractivity contribution is 7.18. The Hall–Kier alpha value is -3.00. The maximum Gasteiger partial charge on any atom is 0.235 e. The van der Waals surface area contributed by atoms with Crippen molar-refractivity contribution in [3.05, 3.63) is 53.2 Å². The smallest absolute Gasteiger partial charge is 0.235 e. The number of thiophene rings is 1. The molecule has 0 bridgehead atoms. The number of aromatic nitrogens is 2. The van der Waals surface area contributed by atoms with Crippen molar-refractivity contribution in [2.24, 2.45) is 5.92 Å². The number of hydrogen-bond acceptors (Lipinski definition) is 6. The van der Waals surface area contributed by atoms with Crippen LogP contribution in [0, 0.1) is 5.92 Å². The molecule has 1 N–H and O–H groups in total. The minimum atomic E-state index is -0.649. The Morgan fingerprint density at radius 2 is 1.94 bits per heavy atom. The van der Waals surface area contributed by atoms with Crippen LogP contribution in [0.2, 0.25) is 0 Å². The van der Waals surface area contributed by atoms with E-state index in [2.05, 4.69) is 33.2 Å². The molecule has 2 aromatic heterocycles. The van der Waals surface area contributed by atoms with E-state index < -0.39 is 5.92 Å². The zero-order valence-electron chi connectivity index (χ0n) is 17.5. The lowest BCUT2D eigenvalue weighted by Gasteiger charge is -2.37. The third-order valence-corrected chi connectivity index (χ3v) is 7.46. The molecule has 2 fully saturated rings. The van der Waals surface area contributed by atoms with Crippen molar-refractivity contribution in [2.75, 3.05) is 37.6 Å². The van der Waals surface area contributed by atoms with E-state index in [1.807, 2.05) is 35.2 Å². The van der Waals surface area contributed by atoms with E-state index in [1.165, 1.54) is 4.88 Å². The summed E-state index contributed by atoms with van der Waals surface area (Å²) in [5, 5.41) is 3.97. The number of hydrogen-bond donors (Lipinski definition) is 1. The molecule has 7 nitrogen and oxygen atoms in total. The maximum absolute atomic E-state index is 13.3. The molecule has 2 amide bonds. The van der Waals surface area contributed by atoms with Crippen LogP contribution in [0.15, 0.2) is 42.7 Å². The molecule has 2 saturated heterocycles. The summed E-state index contributed by atoms with van der Waals surface area (Å²) in [6, 6.07) is 12.0. The summed E-state index contributed by atoms with van der Waals surface area (Å²) in [6.07, 6.45) is 2.60. The molecule has 5 rings (SSSR count). The molecule has 0 saturated carbocycles. The minimum Gasteiger partial charge on any atom is -0.355 e. The second-order valence-corrected chi connectivity index (χ2v) is 9.15. The summed E-state index contributed by atoms with van der Waals surface area (Å²) >= 11 is 1.71. The van der Waals surface area contributed by atoms with E-state index >= 15 is 0 Å². The summed E-state index contributed by atoms with van der Waals surface area (Å²) in [5.74, 6) is -0.0548. The van der Waals surface area contributed by atoms with Crippen LogP contribution in [0.25, 0.3) is 10.2 Å². The van der Waals surface area contributed by atoms with Gasteiger partial charge in [-0.2, -0.15) is 0 Å². The van der Waals surface area contributed by atoms with Crippen LogP contribution >= 0.6 is 11.3 Å². The molecule has 31 heavy (non-hydrogen) atoms. The summed E-state index contributed by atoms with van der Waals surface area (Å²) in [7, 11) is 0. The number of benzene rings is 1. The maximum atomic E-state index is 13.3. The van der Waals surface area contributed by atoms with E-state index in [0.717, 1.165) is 28.0 Å². The number of anilines is 1. The molecular weight excluding hydrogens is 410 g/mol. The fourth-order valence-corrected chi connectivity index (χ4v) is 5.50. The van der Waals surface area contributed by atoms with Crippen LogP contribution in [-0.4, -0.2) is 59.4 Å². The Morgan fingerprint density at radius 3 is 2.68 bits per heavy atom. The van der Waals surface area contributed by atoms with Crippen LogP contribution in [0.1, 0.15) is 23.3 Å². The van der Waals surface area contributed by atoms with Crippen LogP contribution in [0.4, 0.5) is 5.82 Å². The lowest BCUT2D eigenvalue weighted by Crippen LogP contribution is -2.52. The molecule has 8 heteroatoms. The molecule has 1 unspecified atom stereocenters. The van der Waals surface area contributed by atoms with Gasteiger partial charge in [0.25, 0.3) is 0 Å². The zero-order valence-corrected chi connectivity index (χ0v) is 18.3. The number of carbonyl (C=O) groups is 2. The molecule has 4 heterocycles. The number of fused-ring (bicyclic) bond motifs is 1. The van der Waals surface area contributed by atoms with E-state index in [-0.39, 0.29) is 17.7 Å². The summed E-state index contributed by atoms with van der Waals surface area (Å²) in [4.78, 5) is 41.2. The average molecular weight is 436 g/mol. The number of amides is 2. The number of nitrogens with zero attached hydrogens (tertiary/aromatic N) is 4. The number of nitrogens with one attached hydrogen (secondary N) is 1. The molecule has 1 aromatic carbocycles. The Bertz CT molecular complexity index is 1110. The number of rotatable bonds is 4. The highest BCUT2D eigenvalue weighted by Gasteiger charge is 2.43. The zero-order chi connectivity index (χ0) is 21.4. The van der Waals surface area contributed by atoms with E-state index in [4.69, 9.17) is 0 Å². The van der Waals surface area contributed by atoms with E-state index in [9.17, 15) is 9.59 Å². The summed E-state index contributed by atoms with van der Waals surface area (Å²) in [6.45, 7) is 5.21. The molecule has 2 aliphatic rings. The molecule has 2 atom stereocenters. The molecule has 3 aromatic rings. The number of aryl methyl sites for hydroxylation is 1. The first kappa shape index (κ1) is 19.9. The first-order valence-electron chi connectivity index (χ1n) is 10.8. The van der Waals surface area contributed by atoms with Crippen LogP contribution in [-0.2, 0) is 16.0 Å². The van der Waals surface area contributed by atoms with Gasteiger partial charge < -0.3 is 15.1 Å². The van der Waals surface area contributed by atoms with Crippen molar-refractivity contribution in [3.8, 4) is 0 Å². The van der Waals surface area contributed by atoms with Gasteiger partial charge in [-0.15, -0.1) is 11.3 Å². The second kappa shape index (κ2) is 8.26. The van der Waals surface area contributed by atoms with Crippen molar-refractivity contribution >= 4 is 39.2 Å². The molecule has 0 spiro atoms. The minimum absolute atomic E-state index is 0.0693. The topological polar surface area (TPSA) is 78.4 Å². The Kier molecular flexibility index (Phi) is 5.31. The molecule has 0 radical (unpaired) electrons. The van der Waals surface area contributed by atoms with Crippen molar-refractivity contribution in [1.82, 2.24) is 20.2 Å². The van der Waals surface area contributed by atoms with Crippen molar-refractivity contribution in [3.63, 3.8) is 0 Å². The van der Waals surface area contributed by atoms with Gasteiger partial charge in [0, 0.05) is 43.5 Å². The molecular formula is C23H25N5O2S. The van der Waals surface area contributed by atoms with E-state index in [1.54, 1.807) is 17.7 Å². The third-order valence-electron chi connectivity index (χ3n) is 6.27. The normalized spacial score (nSPS) is 21.5. The van der Waals surface area contributed by atoms with Gasteiger partial charge in [0.05, 0.1) is 5.39 Å². The highest BCUT2D eigenvalue weighted by atomic mass is 32.1. The first-order chi connectivity index (χ1) is 15.2. The predicted molar refractivity (Wildman–Crippen MR) is 121 cm³/mol. The SMILES string of the molecule is CCc1cc2c(N3CCN(C(=O)C4C(=O)NC[C@H]4c4ccccc4)CC3)ncnc2s1. The van der Waals surface area contributed by atoms with Crippen molar-refractivity contribution in [1.29, 1.82) is 0 Å². The quantitative estimate of drug-likeness (QED) is 0.637. The van der Waals surface area contributed by atoms with Gasteiger partial charge in [-0.05, 0) is 18.1 Å². The van der Waals surface area contributed by atoms with Gasteiger partial charge >= 0.3 is 0 Å². The number of carbonyl (C=O) groups excluding carboxylic acids is 2. The van der Waals surface area contributed by atoms with Crippen molar-refractivity contribution in [2.45, 2.75) is 19.3 Å². The Balaban J connectivity index is 1.31. The van der Waals surface area contributed by atoms with Crippen LogP contribution in [0.3, 0.4) is 0 Å². The monoisotopic (exact) mass is 435 g/mol. The summed E-state index contributed by atoms with van der Waals surface area (Å²) in [5.41, 5.74) is 1.03. The average Bonchev–Trinajstić information content (AvgIpc) is 3.42. The van der Waals surface area contributed by atoms with E-state index in [0.29, 0.717) is 32.7 Å². The van der Waals surface area contributed by atoms with Gasteiger partial charge in [0.2, 0.25) is 11.8 Å². The molecule has 0 aliphatic carbocycles. The molecule has 160 valence electrons. The lowest BCUT2D eigenvalue weighted by atomic mass is 9.87. The first-order valence-corrected chi connectivity index (χ1v) is 11.6. The lowest BCUT2D eigenvalue weighted by molar-refractivity contribution is -0.141. The fraction of sp³-hybridized carbons (Fsp3) is 0.391. The fourth-order valence-electron chi connectivity index (χ4n) is 4.57. The Labute approximate surface area is 185 Å². The molecule has 2 aliphatic heterocycles. The highest BCUT2D eigenvalue weighted by Crippen LogP contribution is 2.33. The van der Waals surface area contributed by atoms with Crippen molar-refractivity contribution < 1.29 is 9.59 Å². The standard InChI is InChI=1S/C23H25N5O2S/c1-2-16-12-17-20(25-14-26-22(17)31-16)27-8-10-28(11-9-27)23(30)19-18(13-24-21(19)29)15-6-4-3-5-7-15/h3-7,12,14,18-19H,2,8-11,13H2,1H3,(H,24,29)/t18-,19?/m0/s1. The van der Waals surface area contributed by atoms with Gasteiger partial charge in [0.15, 0.2) is 0 Å². The Morgan fingerprint density at radius 1 is 1.16 bits per heavy atom. The van der Waals surface area contributed by atoms with Gasteiger partial charge in [-0.3, -0.25) is 9.59 Å². The largest absolute Gasteiger partial charge is 0.355 e.